The molecule has 0 saturated carbocycles. The molecule has 8 nitrogen and oxygen atoms in total. The summed E-state index contributed by atoms with van der Waals surface area (Å²) in [6.45, 7) is 4.69. The number of carbonyl (C=O) groups is 1. The van der Waals surface area contributed by atoms with Crippen LogP contribution in [0.1, 0.15) is 12.5 Å². The van der Waals surface area contributed by atoms with E-state index in [1.54, 1.807) is 6.92 Å². The van der Waals surface area contributed by atoms with Crippen LogP contribution in [0.3, 0.4) is 0 Å². The topological polar surface area (TPSA) is 120 Å². The molecule has 0 aliphatic rings. The van der Waals surface area contributed by atoms with Gasteiger partial charge >= 0.3 is 12.1 Å². The molecule has 0 aromatic heterocycles. The van der Waals surface area contributed by atoms with E-state index in [9.17, 15) is 26.4 Å². The zero-order chi connectivity index (χ0) is 23.8. The van der Waals surface area contributed by atoms with E-state index in [1.165, 1.54) is 24.3 Å². The highest BCUT2D eigenvalue weighted by atomic mass is 32.2. The van der Waals surface area contributed by atoms with Gasteiger partial charge in [0, 0.05) is 11.8 Å². The van der Waals surface area contributed by atoms with Crippen molar-refractivity contribution in [2.75, 3.05) is 26.5 Å². The van der Waals surface area contributed by atoms with E-state index < -0.39 is 45.8 Å². The van der Waals surface area contributed by atoms with Crippen molar-refractivity contribution in [1.29, 1.82) is 0 Å². The molecular formula is C19H22F3N3O5S. The van der Waals surface area contributed by atoms with Crippen molar-refractivity contribution in [2.45, 2.75) is 18.0 Å². The monoisotopic (exact) mass is 461 g/mol. The molecule has 0 heterocycles. The maximum Gasteiger partial charge on any atom is 0.430 e. The average molecular weight is 461 g/mol. The molecule has 0 aliphatic heterocycles. The normalized spacial score (nSPS) is 13.7. The van der Waals surface area contributed by atoms with Crippen LogP contribution >= 0.6 is 0 Å². The van der Waals surface area contributed by atoms with Crippen LogP contribution in [-0.2, 0) is 24.1 Å². The SMILES string of the molecule is C=C(N=C(OC)C(C=C(N)C(F)(F)F)=NCC(=O)OCC)c1cccc(S(C)(=O)=O)c1. The molecule has 0 spiro atoms. The second kappa shape index (κ2) is 10.8. The maximum atomic E-state index is 12.9. The molecule has 170 valence electrons. The molecule has 1 aromatic rings. The summed E-state index contributed by atoms with van der Waals surface area (Å²) in [5.41, 5.74) is 3.33. The van der Waals surface area contributed by atoms with Crippen molar-refractivity contribution < 1.29 is 35.9 Å². The highest BCUT2D eigenvalue weighted by Crippen LogP contribution is 2.22. The minimum absolute atomic E-state index is 0.00210. The van der Waals surface area contributed by atoms with Crippen LogP contribution in [0.2, 0.25) is 0 Å². The summed E-state index contributed by atoms with van der Waals surface area (Å²) in [6.07, 6.45) is -3.38. The summed E-state index contributed by atoms with van der Waals surface area (Å²) in [5.74, 6) is -1.21. The second-order valence-corrected chi connectivity index (χ2v) is 7.99. The number of methoxy groups -OCH3 is 1. The van der Waals surface area contributed by atoms with E-state index in [1.807, 2.05) is 0 Å². The van der Waals surface area contributed by atoms with Crippen LogP contribution in [0.4, 0.5) is 13.2 Å². The number of carbonyl (C=O) groups excluding carboxylic acids is 1. The average Bonchev–Trinajstić information content (AvgIpc) is 2.68. The van der Waals surface area contributed by atoms with Crippen molar-refractivity contribution in [3.63, 3.8) is 0 Å². The number of allylic oxidation sites excluding steroid dienone is 1. The molecular weight excluding hydrogens is 439 g/mol. The number of halogens is 3. The summed E-state index contributed by atoms with van der Waals surface area (Å²) in [7, 11) is -2.39. The predicted molar refractivity (Wildman–Crippen MR) is 110 cm³/mol. The second-order valence-electron chi connectivity index (χ2n) is 5.97. The summed E-state index contributed by atoms with van der Waals surface area (Å²) in [6, 6.07) is 5.62. The van der Waals surface area contributed by atoms with Crippen LogP contribution in [-0.4, -0.2) is 58.7 Å². The summed E-state index contributed by atoms with van der Waals surface area (Å²) >= 11 is 0. The number of ether oxygens (including phenoxy) is 2. The van der Waals surface area contributed by atoms with Gasteiger partial charge in [-0.05, 0) is 25.1 Å². The van der Waals surface area contributed by atoms with Crippen molar-refractivity contribution in [3.05, 3.63) is 48.2 Å². The Balaban J connectivity index is 3.43. The number of esters is 1. The van der Waals surface area contributed by atoms with Gasteiger partial charge in [0.25, 0.3) is 0 Å². The molecule has 0 amide bonds. The summed E-state index contributed by atoms with van der Waals surface area (Å²) in [4.78, 5) is 19.3. The Bertz CT molecular complexity index is 1030. The summed E-state index contributed by atoms with van der Waals surface area (Å²) < 4.78 is 71.8. The van der Waals surface area contributed by atoms with Gasteiger partial charge in [-0.25, -0.2) is 13.4 Å². The molecule has 1 aromatic carbocycles. The molecule has 0 radical (unpaired) electrons. The Morgan fingerprint density at radius 2 is 1.97 bits per heavy atom. The lowest BCUT2D eigenvalue weighted by Gasteiger charge is -2.11. The highest BCUT2D eigenvalue weighted by molar-refractivity contribution is 7.90. The van der Waals surface area contributed by atoms with Gasteiger partial charge in [-0.1, -0.05) is 18.7 Å². The van der Waals surface area contributed by atoms with Gasteiger partial charge < -0.3 is 15.2 Å². The Morgan fingerprint density at radius 3 is 2.48 bits per heavy atom. The number of aliphatic imine (C=N–C) groups is 2. The molecule has 2 N–H and O–H groups in total. The molecule has 0 saturated heterocycles. The first kappa shape index (κ1) is 25.9. The maximum absolute atomic E-state index is 12.9. The lowest BCUT2D eigenvalue weighted by Crippen LogP contribution is -2.24. The predicted octanol–water partition coefficient (Wildman–Crippen LogP) is 2.51. The third-order valence-electron chi connectivity index (χ3n) is 3.55. The van der Waals surface area contributed by atoms with Crippen LogP contribution in [0.5, 0.6) is 0 Å². The van der Waals surface area contributed by atoms with Crippen LogP contribution < -0.4 is 5.73 Å². The van der Waals surface area contributed by atoms with Gasteiger partial charge in [0.2, 0.25) is 5.90 Å². The molecule has 31 heavy (non-hydrogen) atoms. The molecule has 0 fully saturated rings. The molecule has 0 bridgehead atoms. The quantitative estimate of drug-likeness (QED) is 0.361. The highest BCUT2D eigenvalue weighted by Gasteiger charge is 2.32. The van der Waals surface area contributed by atoms with Crippen molar-refractivity contribution in [3.8, 4) is 0 Å². The Hall–Kier alpha value is -3.15. The first-order valence-electron chi connectivity index (χ1n) is 8.66. The van der Waals surface area contributed by atoms with Gasteiger partial charge in [0.1, 0.15) is 18.0 Å². The number of benzene rings is 1. The lowest BCUT2D eigenvalue weighted by molar-refractivity contribution is -0.141. The standard InChI is InChI=1S/C19H22F3N3O5S/c1-5-30-17(26)11-24-15(10-16(23)19(20,21)22)18(29-3)25-12(2)13-7-6-8-14(9-13)31(4,27)28/h6-10H,2,5,11,23H2,1,3-4H3. The molecule has 0 unspecified atom stereocenters. The third-order valence-corrected chi connectivity index (χ3v) is 4.66. The number of alkyl halides is 3. The Morgan fingerprint density at radius 1 is 1.32 bits per heavy atom. The van der Waals surface area contributed by atoms with Gasteiger partial charge in [0.15, 0.2) is 9.84 Å². The Labute approximate surface area is 177 Å². The van der Waals surface area contributed by atoms with E-state index in [0.717, 1.165) is 13.4 Å². The van der Waals surface area contributed by atoms with Crippen LogP contribution in [0, 0.1) is 0 Å². The van der Waals surface area contributed by atoms with Crippen LogP contribution in [0.25, 0.3) is 5.70 Å². The van der Waals surface area contributed by atoms with Crippen molar-refractivity contribution >= 4 is 33.1 Å². The fraction of sp³-hybridized carbons (Fsp3) is 0.316. The van der Waals surface area contributed by atoms with Crippen LogP contribution in [0.15, 0.2) is 57.5 Å². The zero-order valence-corrected chi connectivity index (χ0v) is 17.9. The number of nitrogens with two attached hydrogens (primary N) is 1. The summed E-state index contributed by atoms with van der Waals surface area (Å²) in [5, 5.41) is 0. The smallest absolute Gasteiger partial charge is 0.430 e. The largest absolute Gasteiger partial charge is 0.479 e. The van der Waals surface area contributed by atoms with Gasteiger partial charge in [-0.2, -0.15) is 13.2 Å². The van der Waals surface area contributed by atoms with Gasteiger partial charge in [-0.15, -0.1) is 0 Å². The van der Waals surface area contributed by atoms with E-state index >= 15 is 0 Å². The molecule has 12 heteroatoms. The van der Waals surface area contributed by atoms with Crippen molar-refractivity contribution in [2.24, 2.45) is 15.7 Å². The number of rotatable bonds is 8. The van der Waals surface area contributed by atoms with E-state index in [-0.39, 0.29) is 22.8 Å². The minimum atomic E-state index is -4.86. The van der Waals surface area contributed by atoms with Crippen molar-refractivity contribution in [1.82, 2.24) is 0 Å². The zero-order valence-electron chi connectivity index (χ0n) is 17.1. The molecule has 0 atom stereocenters. The number of hydrogen-bond donors (Lipinski definition) is 1. The fourth-order valence-electron chi connectivity index (χ4n) is 2.06. The van der Waals surface area contributed by atoms with Gasteiger partial charge in [-0.3, -0.25) is 9.79 Å². The lowest BCUT2D eigenvalue weighted by atomic mass is 10.2. The van der Waals surface area contributed by atoms with E-state index in [0.29, 0.717) is 6.08 Å². The first-order chi connectivity index (χ1) is 14.3. The Kier molecular flexibility index (Phi) is 8.98. The number of nitrogens with zero attached hydrogens (tertiary/aromatic N) is 2. The number of hydrogen-bond acceptors (Lipinski definition) is 8. The number of sulfone groups is 1. The third kappa shape index (κ3) is 8.24. The molecule has 0 aliphatic carbocycles. The van der Waals surface area contributed by atoms with E-state index in [2.05, 4.69) is 16.6 Å². The molecule has 1 rings (SSSR count). The first-order valence-corrected chi connectivity index (χ1v) is 10.6. The van der Waals surface area contributed by atoms with E-state index in [4.69, 9.17) is 15.2 Å². The minimum Gasteiger partial charge on any atom is -0.479 e. The van der Waals surface area contributed by atoms with Gasteiger partial charge in [0.05, 0.1) is 24.3 Å². The fourth-order valence-corrected chi connectivity index (χ4v) is 2.73.